The summed E-state index contributed by atoms with van der Waals surface area (Å²) in [4.78, 5) is 10.6. The molecule has 4 aromatic carbocycles. The fraction of sp³-hybridized carbons (Fsp3) is 0.171. The molecule has 2 aliphatic heterocycles. The third-order valence-electron chi connectivity index (χ3n) is 7.92. The normalized spacial score (nSPS) is 23.4. The van der Waals surface area contributed by atoms with Crippen LogP contribution in [0.4, 0.5) is 0 Å². The molecule has 2 aliphatic rings. The fourth-order valence-electron chi connectivity index (χ4n) is 5.93. The molecular weight excluding hydrogens is 462 g/mol. The van der Waals surface area contributed by atoms with Crippen LogP contribution in [0.3, 0.4) is 0 Å². The van der Waals surface area contributed by atoms with Crippen LogP contribution < -0.4 is 0 Å². The molecule has 0 spiro atoms. The maximum atomic E-state index is 5.42. The van der Waals surface area contributed by atoms with Gasteiger partial charge in [0.1, 0.15) is 0 Å². The van der Waals surface area contributed by atoms with Crippen LogP contribution in [0.15, 0.2) is 140 Å². The van der Waals surface area contributed by atoms with Crippen molar-refractivity contribution in [1.82, 2.24) is 14.8 Å². The maximum Gasteiger partial charge on any atom is 0.0782 e. The molecule has 3 nitrogen and oxygen atoms in total. The molecule has 38 heavy (non-hydrogen) atoms. The summed E-state index contributed by atoms with van der Waals surface area (Å²) in [5.41, 5.74) is 7.57. The average Bonchev–Trinajstić information content (AvgIpc) is 3.93. The molecule has 0 N–H and O–H groups in total. The molecule has 0 aliphatic carbocycles. The molecular formula is C35H31N3. The summed E-state index contributed by atoms with van der Waals surface area (Å²) < 4.78 is 0. The first-order valence-corrected chi connectivity index (χ1v) is 13.5. The quantitative estimate of drug-likeness (QED) is 0.210. The molecule has 186 valence electrons. The Kier molecular flexibility index (Phi) is 6.09. The van der Waals surface area contributed by atoms with Gasteiger partial charge in [0.25, 0.3) is 0 Å². The second-order valence-corrected chi connectivity index (χ2v) is 10.4. The van der Waals surface area contributed by atoms with Gasteiger partial charge >= 0.3 is 0 Å². The van der Waals surface area contributed by atoms with E-state index in [0.717, 1.165) is 24.5 Å². The molecule has 5 aromatic rings. The van der Waals surface area contributed by atoms with Crippen LogP contribution in [0.5, 0.6) is 0 Å². The van der Waals surface area contributed by atoms with Crippen LogP contribution in [-0.4, -0.2) is 27.9 Å². The van der Waals surface area contributed by atoms with E-state index in [2.05, 4.69) is 149 Å². The van der Waals surface area contributed by atoms with E-state index in [1.165, 1.54) is 22.3 Å². The highest BCUT2D eigenvalue weighted by Crippen LogP contribution is 2.47. The predicted molar refractivity (Wildman–Crippen MR) is 153 cm³/mol. The monoisotopic (exact) mass is 493 g/mol. The Hall–Kier alpha value is -4.05. The Balaban J connectivity index is 1.26. The van der Waals surface area contributed by atoms with E-state index in [1.54, 1.807) is 0 Å². The van der Waals surface area contributed by atoms with Crippen molar-refractivity contribution in [2.75, 3.05) is 13.1 Å². The molecule has 0 saturated carbocycles. The lowest BCUT2D eigenvalue weighted by Crippen LogP contribution is -2.18. The number of hydrogen-bond donors (Lipinski definition) is 0. The number of pyridine rings is 1. The summed E-state index contributed by atoms with van der Waals surface area (Å²) >= 11 is 0. The molecule has 0 amide bonds. The standard InChI is InChI=1S/C35H31N3/c1-5-14-26(15-6-1)32-24-37(32)34(28-18-9-3-10-19-28)30-22-13-23-31(36-30)35(29-20-11-4-12-21-29)38-25-33(38)27-16-7-2-8-17-27/h1-23,32-35H,24-25H2/t32-,33-,34+,35+,37?,38?/m1/s1. The van der Waals surface area contributed by atoms with Crippen LogP contribution >= 0.6 is 0 Å². The molecule has 7 rings (SSSR count). The molecule has 2 fully saturated rings. The van der Waals surface area contributed by atoms with E-state index in [1.807, 2.05) is 0 Å². The van der Waals surface area contributed by atoms with Gasteiger partial charge in [-0.25, -0.2) is 0 Å². The van der Waals surface area contributed by atoms with Crippen molar-refractivity contribution in [2.24, 2.45) is 0 Å². The van der Waals surface area contributed by atoms with E-state index >= 15 is 0 Å². The van der Waals surface area contributed by atoms with Gasteiger partial charge in [-0.1, -0.05) is 127 Å². The highest BCUT2D eigenvalue weighted by molar-refractivity contribution is 5.37. The van der Waals surface area contributed by atoms with Crippen LogP contribution in [-0.2, 0) is 0 Å². The lowest BCUT2D eigenvalue weighted by molar-refractivity contribution is 0.409. The lowest BCUT2D eigenvalue weighted by atomic mass is 9.99. The van der Waals surface area contributed by atoms with Gasteiger partial charge in [-0.05, 0) is 34.4 Å². The minimum absolute atomic E-state index is 0.122. The van der Waals surface area contributed by atoms with E-state index < -0.39 is 0 Å². The number of aromatic nitrogens is 1. The van der Waals surface area contributed by atoms with Gasteiger partial charge in [-0.3, -0.25) is 14.8 Å². The maximum absolute atomic E-state index is 5.42. The summed E-state index contributed by atoms with van der Waals surface area (Å²) in [5, 5.41) is 0. The van der Waals surface area contributed by atoms with Crippen molar-refractivity contribution in [3.8, 4) is 0 Å². The van der Waals surface area contributed by atoms with E-state index in [0.29, 0.717) is 12.1 Å². The molecule has 0 radical (unpaired) electrons. The van der Waals surface area contributed by atoms with Gasteiger partial charge in [0, 0.05) is 25.2 Å². The van der Waals surface area contributed by atoms with Crippen molar-refractivity contribution in [3.05, 3.63) is 173 Å². The van der Waals surface area contributed by atoms with E-state index in [-0.39, 0.29) is 12.1 Å². The second-order valence-electron chi connectivity index (χ2n) is 10.4. The third-order valence-corrected chi connectivity index (χ3v) is 7.92. The minimum atomic E-state index is 0.122. The third kappa shape index (κ3) is 4.56. The van der Waals surface area contributed by atoms with Gasteiger partial charge in [0.2, 0.25) is 0 Å². The van der Waals surface area contributed by atoms with Gasteiger partial charge in [0.05, 0.1) is 23.5 Å². The van der Waals surface area contributed by atoms with Gasteiger partial charge in [-0.2, -0.15) is 0 Å². The fourth-order valence-corrected chi connectivity index (χ4v) is 5.93. The Labute approximate surface area is 225 Å². The highest BCUT2D eigenvalue weighted by atomic mass is 15.3. The molecule has 2 unspecified atom stereocenters. The minimum Gasteiger partial charge on any atom is -0.281 e. The zero-order chi connectivity index (χ0) is 25.3. The molecule has 2 saturated heterocycles. The summed E-state index contributed by atoms with van der Waals surface area (Å²) in [6, 6.07) is 51.1. The van der Waals surface area contributed by atoms with Crippen molar-refractivity contribution in [3.63, 3.8) is 0 Å². The first kappa shape index (κ1) is 23.1. The van der Waals surface area contributed by atoms with Crippen molar-refractivity contribution in [1.29, 1.82) is 0 Å². The smallest absolute Gasteiger partial charge is 0.0782 e. The van der Waals surface area contributed by atoms with Gasteiger partial charge in [0.15, 0.2) is 0 Å². The summed E-state index contributed by atoms with van der Waals surface area (Å²) in [5.74, 6) is 0. The summed E-state index contributed by atoms with van der Waals surface area (Å²) in [6.45, 7) is 2.08. The zero-order valence-corrected chi connectivity index (χ0v) is 21.3. The molecule has 3 heteroatoms. The van der Waals surface area contributed by atoms with Gasteiger partial charge in [-0.15, -0.1) is 0 Å². The Morgan fingerprint density at radius 1 is 0.447 bits per heavy atom. The van der Waals surface area contributed by atoms with Crippen LogP contribution in [0.25, 0.3) is 0 Å². The number of benzene rings is 4. The Morgan fingerprint density at radius 3 is 1.21 bits per heavy atom. The average molecular weight is 494 g/mol. The second kappa shape index (κ2) is 10.0. The number of rotatable bonds is 8. The van der Waals surface area contributed by atoms with E-state index in [4.69, 9.17) is 4.98 Å². The number of nitrogens with zero attached hydrogens (tertiary/aromatic N) is 3. The highest BCUT2D eigenvalue weighted by Gasteiger charge is 2.44. The molecule has 0 bridgehead atoms. The van der Waals surface area contributed by atoms with E-state index in [9.17, 15) is 0 Å². The number of hydrogen-bond acceptors (Lipinski definition) is 3. The van der Waals surface area contributed by atoms with Crippen molar-refractivity contribution >= 4 is 0 Å². The zero-order valence-electron chi connectivity index (χ0n) is 21.3. The SMILES string of the molecule is c1ccc([C@@H](c2cccc([C@H](c3ccccc3)N3C[C@@H]3c3ccccc3)n2)N2C[C@@H]2c2ccccc2)cc1. The van der Waals surface area contributed by atoms with Crippen molar-refractivity contribution in [2.45, 2.75) is 24.2 Å². The van der Waals surface area contributed by atoms with Crippen LogP contribution in [0, 0.1) is 0 Å². The Morgan fingerprint density at radius 2 is 0.816 bits per heavy atom. The van der Waals surface area contributed by atoms with Crippen molar-refractivity contribution < 1.29 is 0 Å². The largest absolute Gasteiger partial charge is 0.281 e. The first-order chi connectivity index (χ1) is 18.9. The Bertz CT molecular complexity index is 1380. The summed E-state index contributed by atoms with van der Waals surface area (Å²) in [6.07, 6.45) is 0. The van der Waals surface area contributed by atoms with Crippen LogP contribution in [0.1, 0.15) is 57.8 Å². The topological polar surface area (TPSA) is 18.9 Å². The predicted octanol–water partition coefficient (Wildman–Crippen LogP) is 7.37. The van der Waals surface area contributed by atoms with Gasteiger partial charge < -0.3 is 0 Å². The summed E-state index contributed by atoms with van der Waals surface area (Å²) in [7, 11) is 0. The molecule has 3 heterocycles. The first-order valence-electron chi connectivity index (χ1n) is 13.5. The van der Waals surface area contributed by atoms with Crippen LogP contribution in [0.2, 0.25) is 0 Å². The molecule has 1 aromatic heterocycles. The lowest BCUT2D eigenvalue weighted by Gasteiger charge is -2.24. The molecule has 6 atom stereocenters.